The number of rotatable bonds is 2. The molecule has 86 valence electrons. The second-order valence-corrected chi connectivity index (χ2v) is 4.08. The highest BCUT2D eigenvalue weighted by Gasteiger charge is 2.17. The minimum Gasteiger partial charge on any atom is -0.327 e. The zero-order chi connectivity index (χ0) is 9.97. The van der Waals surface area contributed by atoms with Crippen molar-refractivity contribution in [2.75, 3.05) is 13.1 Å². The Hall–Kier alpha value is -0.580. The molecule has 0 spiro atoms. The molecule has 2 heterocycles. The Morgan fingerprint density at radius 1 is 1.60 bits per heavy atom. The first-order valence-corrected chi connectivity index (χ1v) is 5.20. The molecule has 2 rings (SSSR count). The van der Waals surface area contributed by atoms with Gasteiger partial charge in [-0.3, -0.25) is 9.58 Å². The van der Waals surface area contributed by atoms with E-state index in [0.717, 1.165) is 13.1 Å². The van der Waals surface area contributed by atoms with Crippen LogP contribution in [0.5, 0.6) is 0 Å². The fourth-order valence-corrected chi connectivity index (χ4v) is 2.02. The number of hydrogen-bond acceptors (Lipinski definition) is 3. The standard InChI is InChI=1S/C10H18N4.ClH/c1-13-10(4-5-12-13)8-14-6-2-3-9(11)7-14;/h4-5,9H,2-3,6-8,11H2,1H3;1H/t9-;/m1./s1. The molecule has 1 saturated heterocycles. The average molecular weight is 231 g/mol. The molecule has 1 aromatic rings. The highest BCUT2D eigenvalue weighted by molar-refractivity contribution is 5.85. The van der Waals surface area contributed by atoms with Gasteiger partial charge in [0.05, 0.1) is 5.69 Å². The third kappa shape index (κ3) is 3.19. The van der Waals surface area contributed by atoms with Crippen LogP contribution in [0, 0.1) is 0 Å². The molecule has 15 heavy (non-hydrogen) atoms. The topological polar surface area (TPSA) is 47.1 Å². The fraction of sp³-hybridized carbons (Fsp3) is 0.700. The van der Waals surface area contributed by atoms with Crippen LogP contribution < -0.4 is 5.73 Å². The van der Waals surface area contributed by atoms with E-state index in [9.17, 15) is 0 Å². The van der Waals surface area contributed by atoms with Gasteiger partial charge in [0.1, 0.15) is 0 Å². The maximum absolute atomic E-state index is 5.93. The SMILES string of the molecule is Cl.Cn1nccc1CN1CCC[C@@H](N)C1. The number of nitrogens with zero attached hydrogens (tertiary/aromatic N) is 3. The van der Waals surface area contributed by atoms with Gasteiger partial charge in [-0.2, -0.15) is 5.10 Å². The second kappa shape index (κ2) is 5.49. The van der Waals surface area contributed by atoms with Gasteiger partial charge in [-0.25, -0.2) is 0 Å². The molecule has 1 aromatic heterocycles. The summed E-state index contributed by atoms with van der Waals surface area (Å²) in [5.41, 5.74) is 7.19. The van der Waals surface area contributed by atoms with Crippen molar-refractivity contribution in [1.29, 1.82) is 0 Å². The van der Waals surface area contributed by atoms with E-state index in [0.29, 0.717) is 6.04 Å². The van der Waals surface area contributed by atoms with Crippen LogP contribution in [0.4, 0.5) is 0 Å². The van der Waals surface area contributed by atoms with Crippen molar-refractivity contribution >= 4 is 12.4 Å². The van der Waals surface area contributed by atoms with Crippen molar-refractivity contribution in [3.63, 3.8) is 0 Å². The summed E-state index contributed by atoms with van der Waals surface area (Å²) in [5, 5.41) is 4.16. The smallest absolute Gasteiger partial charge is 0.0521 e. The first-order valence-electron chi connectivity index (χ1n) is 5.20. The van der Waals surface area contributed by atoms with E-state index in [-0.39, 0.29) is 12.4 Å². The van der Waals surface area contributed by atoms with Gasteiger partial charge in [0.25, 0.3) is 0 Å². The van der Waals surface area contributed by atoms with Gasteiger partial charge >= 0.3 is 0 Å². The number of nitrogens with two attached hydrogens (primary N) is 1. The molecule has 0 unspecified atom stereocenters. The summed E-state index contributed by atoms with van der Waals surface area (Å²) in [6, 6.07) is 2.43. The molecule has 1 fully saturated rings. The Kier molecular flexibility index (Phi) is 4.57. The lowest BCUT2D eigenvalue weighted by atomic mass is 10.1. The molecule has 5 heteroatoms. The van der Waals surface area contributed by atoms with Gasteiger partial charge in [-0.1, -0.05) is 0 Å². The molecule has 4 nitrogen and oxygen atoms in total. The van der Waals surface area contributed by atoms with Gasteiger partial charge in [0, 0.05) is 32.4 Å². The van der Waals surface area contributed by atoms with E-state index in [1.165, 1.54) is 25.1 Å². The molecule has 0 saturated carbocycles. The predicted octanol–water partition coefficient (Wildman–Crippen LogP) is 0.765. The summed E-state index contributed by atoms with van der Waals surface area (Å²) in [6.45, 7) is 3.16. The molecule has 0 aromatic carbocycles. The first kappa shape index (κ1) is 12.5. The van der Waals surface area contributed by atoms with Crippen LogP contribution in [0.15, 0.2) is 12.3 Å². The van der Waals surface area contributed by atoms with E-state index in [2.05, 4.69) is 16.1 Å². The highest BCUT2D eigenvalue weighted by Crippen LogP contribution is 2.11. The van der Waals surface area contributed by atoms with Gasteiger partial charge < -0.3 is 5.73 Å². The number of likely N-dealkylation sites (tertiary alicyclic amines) is 1. The monoisotopic (exact) mass is 230 g/mol. The largest absolute Gasteiger partial charge is 0.327 e. The Labute approximate surface area is 96.8 Å². The number of hydrogen-bond donors (Lipinski definition) is 1. The van der Waals surface area contributed by atoms with Crippen LogP contribution in [0.3, 0.4) is 0 Å². The minimum absolute atomic E-state index is 0. The van der Waals surface area contributed by atoms with E-state index in [1.807, 2.05) is 17.9 Å². The van der Waals surface area contributed by atoms with E-state index < -0.39 is 0 Å². The highest BCUT2D eigenvalue weighted by atomic mass is 35.5. The minimum atomic E-state index is 0. The van der Waals surface area contributed by atoms with Gasteiger partial charge in [-0.15, -0.1) is 12.4 Å². The fourth-order valence-electron chi connectivity index (χ4n) is 2.02. The Morgan fingerprint density at radius 2 is 2.40 bits per heavy atom. The Morgan fingerprint density at radius 3 is 3.00 bits per heavy atom. The summed E-state index contributed by atoms with van der Waals surface area (Å²) >= 11 is 0. The van der Waals surface area contributed by atoms with Crippen molar-refractivity contribution in [3.8, 4) is 0 Å². The van der Waals surface area contributed by atoms with Crippen molar-refractivity contribution in [2.24, 2.45) is 12.8 Å². The lowest BCUT2D eigenvalue weighted by molar-refractivity contribution is 0.197. The summed E-state index contributed by atoms with van der Waals surface area (Å²) in [4.78, 5) is 2.41. The summed E-state index contributed by atoms with van der Waals surface area (Å²) in [7, 11) is 1.99. The molecular formula is C10H19ClN4. The Bertz CT molecular complexity index is 299. The van der Waals surface area contributed by atoms with Crippen LogP contribution in [-0.4, -0.2) is 33.8 Å². The van der Waals surface area contributed by atoms with Crippen molar-refractivity contribution in [3.05, 3.63) is 18.0 Å². The van der Waals surface area contributed by atoms with Crippen LogP contribution in [0.2, 0.25) is 0 Å². The van der Waals surface area contributed by atoms with Crippen LogP contribution in [-0.2, 0) is 13.6 Å². The maximum Gasteiger partial charge on any atom is 0.0521 e. The average Bonchev–Trinajstić information content (AvgIpc) is 2.52. The lowest BCUT2D eigenvalue weighted by Crippen LogP contribution is -2.42. The Balaban J connectivity index is 0.00000112. The zero-order valence-electron chi connectivity index (χ0n) is 9.09. The summed E-state index contributed by atoms with van der Waals surface area (Å²) in [6.07, 6.45) is 4.24. The third-order valence-electron chi connectivity index (χ3n) is 2.85. The van der Waals surface area contributed by atoms with E-state index in [1.54, 1.807) is 0 Å². The molecule has 0 aliphatic carbocycles. The molecule has 0 bridgehead atoms. The summed E-state index contributed by atoms with van der Waals surface area (Å²) in [5.74, 6) is 0. The van der Waals surface area contributed by atoms with Crippen LogP contribution >= 0.6 is 12.4 Å². The predicted molar refractivity (Wildman–Crippen MR) is 62.9 cm³/mol. The molecule has 2 N–H and O–H groups in total. The number of halogens is 1. The van der Waals surface area contributed by atoms with Gasteiger partial charge in [0.2, 0.25) is 0 Å². The van der Waals surface area contributed by atoms with E-state index >= 15 is 0 Å². The molecule has 0 amide bonds. The molecular weight excluding hydrogens is 212 g/mol. The van der Waals surface area contributed by atoms with Gasteiger partial charge in [0.15, 0.2) is 0 Å². The lowest BCUT2D eigenvalue weighted by Gasteiger charge is -2.30. The van der Waals surface area contributed by atoms with Crippen LogP contribution in [0.25, 0.3) is 0 Å². The number of piperidine rings is 1. The second-order valence-electron chi connectivity index (χ2n) is 4.08. The van der Waals surface area contributed by atoms with E-state index in [4.69, 9.17) is 5.73 Å². The normalized spacial score (nSPS) is 22.4. The third-order valence-corrected chi connectivity index (χ3v) is 2.85. The molecule has 1 atom stereocenters. The molecule has 0 radical (unpaired) electrons. The van der Waals surface area contributed by atoms with Crippen molar-refractivity contribution < 1.29 is 0 Å². The van der Waals surface area contributed by atoms with Crippen molar-refractivity contribution in [2.45, 2.75) is 25.4 Å². The summed E-state index contributed by atoms with van der Waals surface area (Å²) < 4.78 is 1.93. The van der Waals surface area contributed by atoms with Gasteiger partial charge in [-0.05, 0) is 25.5 Å². The quantitative estimate of drug-likeness (QED) is 0.817. The number of aromatic nitrogens is 2. The van der Waals surface area contributed by atoms with Crippen LogP contribution in [0.1, 0.15) is 18.5 Å². The zero-order valence-corrected chi connectivity index (χ0v) is 9.91. The van der Waals surface area contributed by atoms with Crippen molar-refractivity contribution in [1.82, 2.24) is 14.7 Å². The first-order chi connectivity index (χ1) is 6.75. The number of aryl methyl sites for hydroxylation is 1. The molecule has 1 aliphatic heterocycles. The molecule has 1 aliphatic rings. The maximum atomic E-state index is 5.93.